The molecular formula is C11H13N5OS. The fraction of sp³-hybridized carbons (Fsp3) is 0.455. The van der Waals surface area contributed by atoms with Crippen LogP contribution < -0.4 is 5.32 Å². The highest BCUT2D eigenvalue weighted by Gasteiger charge is 2.28. The molecule has 0 aliphatic heterocycles. The molecule has 18 heavy (non-hydrogen) atoms. The van der Waals surface area contributed by atoms with E-state index in [1.165, 1.54) is 0 Å². The summed E-state index contributed by atoms with van der Waals surface area (Å²) in [7, 11) is 0. The van der Waals surface area contributed by atoms with Crippen molar-refractivity contribution in [1.82, 2.24) is 25.5 Å². The first-order valence-electron chi connectivity index (χ1n) is 5.84. The van der Waals surface area contributed by atoms with E-state index in [0.717, 1.165) is 29.4 Å². The number of carbonyl (C=O) groups is 1. The van der Waals surface area contributed by atoms with Gasteiger partial charge in [-0.3, -0.25) is 9.89 Å². The predicted molar refractivity (Wildman–Crippen MR) is 66.4 cm³/mol. The van der Waals surface area contributed by atoms with Crippen LogP contribution in [0.4, 0.5) is 0 Å². The quantitative estimate of drug-likeness (QED) is 0.872. The molecule has 0 atom stereocenters. The van der Waals surface area contributed by atoms with E-state index >= 15 is 0 Å². The van der Waals surface area contributed by atoms with Crippen LogP contribution in [0.3, 0.4) is 0 Å². The van der Waals surface area contributed by atoms with E-state index < -0.39 is 0 Å². The van der Waals surface area contributed by atoms with Crippen molar-refractivity contribution in [2.75, 3.05) is 0 Å². The van der Waals surface area contributed by atoms with E-state index in [-0.39, 0.29) is 11.7 Å². The molecule has 1 saturated carbocycles. The van der Waals surface area contributed by atoms with Crippen molar-refractivity contribution < 1.29 is 4.79 Å². The smallest absolute Gasteiger partial charge is 0.291 e. The molecule has 0 aromatic carbocycles. The van der Waals surface area contributed by atoms with Crippen LogP contribution in [0.15, 0.2) is 5.38 Å². The fourth-order valence-electron chi connectivity index (χ4n) is 1.65. The highest BCUT2D eigenvalue weighted by atomic mass is 32.1. The van der Waals surface area contributed by atoms with E-state index in [2.05, 4.69) is 25.5 Å². The number of aromatic nitrogens is 4. The minimum Gasteiger partial charge on any atom is -0.344 e. The van der Waals surface area contributed by atoms with Gasteiger partial charge in [0.2, 0.25) is 5.82 Å². The first-order valence-corrected chi connectivity index (χ1v) is 6.72. The van der Waals surface area contributed by atoms with Crippen LogP contribution in [-0.2, 0) is 6.54 Å². The predicted octanol–water partition coefficient (Wildman–Crippen LogP) is 1.38. The molecule has 0 bridgehead atoms. The van der Waals surface area contributed by atoms with E-state index in [4.69, 9.17) is 0 Å². The Bertz CT molecular complexity index is 572. The number of carbonyl (C=O) groups excluding carboxylic acids is 1. The molecule has 1 amide bonds. The SMILES string of the molecule is Cc1nc(CNC(=O)c2n[nH]c(C3CC3)n2)cs1. The molecule has 2 aromatic rings. The van der Waals surface area contributed by atoms with Crippen molar-refractivity contribution in [3.63, 3.8) is 0 Å². The van der Waals surface area contributed by atoms with E-state index in [9.17, 15) is 4.79 Å². The summed E-state index contributed by atoms with van der Waals surface area (Å²) in [6.07, 6.45) is 2.27. The van der Waals surface area contributed by atoms with E-state index in [0.29, 0.717) is 12.5 Å². The lowest BCUT2D eigenvalue weighted by Crippen LogP contribution is -2.24. The van der Waals surface area contributed by atoms with Gasteiger partial charge in [-0.25, -0.2) is 9.97 Å². The number of aromatic amines is 1. The summed E-state index contributed by atoms with van der Waals surface area (Å²) >= 11 is 1.57. The average molecular weight is 263 g/mol. The van der Waals surface area contributed by atoms with Gasteiger partial charge in [0.15, 0.2) is 0 Å². The molecule has 0 radical (unpaired) electrons. The van der Waals surface area contributed by atoms with Crippen molar-refractivity contribution in [2.45, 2.75) is 32.2 Å². The summed E-state index contributed by atoms with van der Waals surface area (Å²) in [6, 6.07) is 0. The van der Waals surface area contributed by atoms with Crippen molar-refractivity contribution in [1.29, 1.82) is 0 Å². The number of nitrogens with one attached hydrogen (secondary N) is 2. The van der Waals surface area contributed by atoms with Gasteiger partial charge in [-0.15, -0.1) is 16.4 Å². The topological polar surface area (TPSA) is 83.6 Å². The normalized spacial score (nSPS) is 14.7. The molecule has 1 aliphatic carbocycles. The van der Waals surface area contributed by atoms with Crippen molar-refractivity contribution in [3.05, 3.63) is 27.7 Å². The molecule has 1 fully saturated rings. The van der Waals surface area contributed by atoms with Crippen molar-refractivity contribution in [2.24, 2.45) is 0 Å². The Morgan fingerprint density at radius 2 is 2.39 bits per heavy atom. The summed E-state index contributed by atoms with van der Waals surface area (Å²) in [5, 5.41) is 12.4. The highest BCUT2D eigenvalue weighted by Crippen LogP contribution is 2.37. The minimum absolute atomic E-state index is 0.212. The number of hydrogen-bond acceptors (Lipinski definition) is 5. The molecule has 2 heterocycles. The molecule has 1 aliphatic rings. The maximum absolute atomic E-state index is 11.8. The second-order valence-electron chi connectivity index (χ2n) is 4.36. The van der Waals surface area contributed by atoms with Crippen LogP contribution in [0.5, 0.6) is 0 Å². The third-order valence-electron chi connectivity index (χ3n) is 2.77. The molecule has 94 valence electrons. The van der Waals surface area contributed by atoms with Crippen LogP contribution in [-0.4, -0.2) is 26.1 Å². The molecule has 6 nitrogen and oxygen atoms in total. The molecule has 7 heteroatoms. The summed E-state index contributed by atoms with van der Waals surface area (Å²) in [5.74, 6) is 1.25. The zero-order valence-electron chi connectivity index (χ0n) is 9.93. The lowest BCUT2D eigenvalue weighted by molar-refractivity contribution is 0.0940. The number of amides is 1. The number of nitrogens with zero attached hydrogens (tertiary/aromatic N) is 3. The molecule has 0 unspecified atom stereocenters. The first kappa shape index (κ1) is 11.3. The van der Waals surface area contributed by atoms with Crippen LogP contribution in [0, 0.1) is 6.92 Å². The van der Waals surface area contributed by atoms with E-state index in [1.54, 1.807) is 11.3 Å². The Hall–Kier alpha value is -1.76. The Balaban J connectivity index is 1.59. The average Bonchev–Trinajstić information content (AvgIpc) is 2.94. The van der Waals surface area contributed by atoms with Gasteiger partial charge in [-0.1, -0.05) is 0 Å². The Labute approximate surface area is 108 Å². The van der Waals surface area contributed by atoms with Gasteiger partial charge in [0.1, 0.15) is 5.82 Å². The Morgan fingerprint density at radius 3 is 3.06 bits per heavy atom. The highest BCUT2D eigenvalue weighted by molar-refractivity contribution is 7.09. The summed E-state index contributed by atoms with van der Waals surface area (Å²) in [5.41, 5.74) is 0.865. The number of thiazole rings is 1. The van der Waals surface area contributed by atoms with Gasteiger partial charge in [0.25, 0.3) is 5.91 Å². The number of H-pyrrole nitrogens is 1. The first-order chi connectivity index (χ1) is 8.72. The number of aryl methyl sites for hydroxylation is 1. The Morgan fingerprint density at radius 1 is 1.56 bits per heavy atom. The second kappa shape index (κ2) is 4.49. The summed E-state index contributed by atoms with van der Waals surface area (Å²) < 4.78 is 0. The largest absolute Gasteiger partial charge is 0.344 e. The Kier molecular flexibility index (Phi) is 2.83. The molecule has 2 aromatic heterocycles. The monoisotopic (exact) mass is 263 g/mol. The van der Waals surface area contributed by atoms with Crippen LogP contribution >= 0.6 is 11.3 Å². The fourth-order valence-corrected chi connectivity index (χ4v) is 2.27. The second-order valence-corrected chi connectivity index (χ2v) is 5.42. The van der Waals surface area contributed by atoms with E-state index in [1.807, 2.05) is 12.3 Å². The number of hydrogen-bond donors (Lipinski definition) is 2. The maximum atomic E-state index is 11.8. The molecule has 0 spiro atoms. The van der Waals surface area contributed by atoms with Gasteiger partial charge in [-0.2, -0.15) is 0 Å². The van der Waals surface area contributed by atoms with Crippen molar-refractivity contribution in [3.8, 4) is 0 Å². The maximum Gasteiger partial charge on any atom is 0.291 e. The lowest BCUT2D eigenvalue weighted by atomic mass is 10.4. The van der Waals surface area contributed by atoms with Crippen LogP contribution in [0.25, 0.3) is 0 Å². The van der Waals surface area contributed by atoms with Gasteiger partial charge >= 0.3 is 0 Å². The van der Waals surface area contributed by atoms with Crippen molar-refractivity contribution >= 4 is 17.2 Å². The molecule has 2 N–H and O–H groups in total. The third kappa shape index (κ3) is 2.40. The van der Waals surface area contributed by atoms with Crippen LogP contribution in [0.1, 0.15) is 45.9 Å². The lowest BCUT2D eigenvalue weighted by Gasteiger charge is -1.98. The zero-order chi connectivity index (χ0) is 12.5. The zero-order valence-corrected chi connectivity index (χ0v) is 10.8. The van der Waals surface area contributed by atoms with Gasteiger partial charge in [0, 0.05) is 11.3 Å². The minimum atomic E-state index is -0.260. The van der Waals surface area contributed by atoms with Crippen LogP contribution in [0.2, 0.25) is 0 Å². The van der Waals surface area contributed by atoms with Gasteiger partial charge in [-0.05, 0) is 19.8 Å². The summed E-state index contributed by atoms with van der Waals surface area (Å²) in [6.45, 7) is 2.35. The summed E-state index contributed by atoms with van der Waals surface area (Å²) in [4.78, 5) is 20.3. The van der Waals surface area contributed by atoms with Gasteiger partial charge < -0.3 is 5.32 Å². The molecule has 3 rings (SSSR count). The number of rotatable bonds is 4. The molecular weight excluding hydrogens is 250 g/mol. The third-order valence-corrected chi connectivity index (χ3v) is 3.59. The molecule has 0 saturated heterocycles. The van der Waals surface area contributed by atoms with Gasteiger partial charge in [0.05, 0.1) is 17.2 Å². The standard InChI is InChI=1S/C11H13N5OS/c1-6-13-8(5-18-6)4-12-11(17)10-14-9(15-16-10)7-2-3-7/h5,7H,2-4H2,1H3,(H,12,17)(H,14,15,16).